The highest BCUT2D eigenvalue weighted by Gasteiger charge is 2.40. The molecule has 9 nitrogen and oxygen atoms in total. The molecule has 2 N–H and O–H groups in total. The van der Waals surface area contributed by atoms with Gasteiger partial charge in [0.05, 0.1) is 5.69 Å². The molecule has 1 aliphatic rings. The first-order valence-corrected chi connectivity index (χ1v) is 9.64. The summed E-state index contributed by atoms with van der Waals surface area (Å²) in [7, 11) is 0. The summed E-state index contributed by atoms with van der Waals surface area (Å²) in [5, 5.41) is 25.7. The van der Waals surface area contributed by atoms with Crippen molar-refractivity contribution in [3.63, 3.8) is 0 Å². The Labute approximate surface area is 168 Å². The van der Waals surface area contributed by atoms with Gasteiger partial charge in [-0.05, 0) is 40.6 Å². The molecule has 1 aliphatic heterocycles. The van der Waals surface area contributed by atoms with E-state index < -0.39 is 5.60 Å². The number of piperidine rings is 1. The topological polar surface area (TPSA) is 109 Å². The van der Waals surface area contributed by atoms with Gasteiger partial charge >= 0.3 is 0 Å². The van der Waals surface area contributed by atoms with Gasteiger partial charge in [0.15, 0.2) is 0 Å². The van der Waals surface area contributed by atoms with E-state index >= 15 is 0 Å². The fraction of sp³-hybridized carbons (Fsp3) is 0.350. The highest BCUT2D eigenvalue weighted by molar-refractivity contribution is 5.85. The number of carbonyl (C=O) groups is 1. The Morgan fingerprint density at radius 2 is 1.93 bits per heavy atom. The molecule has 0 radical (unpaired) electrons. The number of pyridine rings is 1. The third-order valence-corrected chi connectivity index (χ3v) is 5.17. The van der Waals surface area contributed by atoms with E-state index in [1.165, 1.54) is 0 Å². The van der Waals surface area contributed by atoms with Crippen LogP contribution < -0.4 is 10.2 Å². The number of hydrogen-bond acceptors (Lipinski definition) is 7. The van der Waals surface area contributed by atoms with Crippen LogP contribution >= 0.6 is 0 Å². The molecule has 3 aromatic rings. The lowest BCUT2D eigenvalue weighted by Crippen LogP contribution is -2.54. The van der Waals surface area contributed by atoms with Gasteiger partial charge in [0.25, 0.3) is 5.91 Å². The summed E-state index contributed by atoms with van der Waals surface area (Å²) in [5.74, 6) is 0.277. The van der Waals surface area contributed by atoms with Gasteiger partial charge in [0.1, 0.15) is 5.60 Å². The highest BCUT2D eigenvalue weighted by atomic mass is 16.3. The Kier molecular flexibility index (Phi) is 5.48. The monoisotopic (exact) mass is 393 g/mol. The Balaban J connectivity index is 1.34. The van der Waals surface area contributed by atoms with Gasteiger partial charge in [-0.15, -0.1) is 0 Å². The summed E-state index contributed by atoms with van der Waals surface area (Å²) in [5.41, 5.74) is 0.528. The summed E-state index contributed by atoms with van der Waals surface area (Å²) < 4.78 is 1.67. The molecule has 29 heavy (non-hydrogen) atoms. The quantitative estimate of drug-likeness (QED) is 0.636. The number of amides is 1. The van der Waals surface area contributed by atoms with E-state index in [2.05, 4.69) is 25.8 Å². The molecule has 0 unspecified atom stereocenters. The number of tetrazole rings is 1. The van der Waals surface area contributed by atoms with Crippen molar-refractivity contribution in [3.8, 4) is 5.69 Å². The summed E-state index contributed by atoms with van der Waals surface area (Å²) in [6.45, 7) is 1.43. The first-order valence-electron chi connectivity index (χ1n) is 9.64. The second-order valence-electron chi connectivity index (χ2n) is 7.11. The Hall–Kier alpha value is -3.33. The van der Waals surface area contributed by atoms with Crippen LogP contribution in [0.4, 0.5) is 5.95 Å². The van der Waals surface area contributed by atoms with Crippen molar-refractivity contribution in [1.29, 1.82) is 0 Å². The number of nitrogens with one attached hydrogen (secondary N) is 1. The molecule has 1 amide bonds. The maximum Gasteiger partial charge on any atom is 0.252 e. The molecule has 4 rings (SSSR count). The number of aliphatic hydroxyl groups is 1. The first kappa shape index (κ1) is 19.0. The van der Waals surface area contributed by atoms with Crippen LogP contribution in [0.25, 0.3) is 5.69 Å². The molecule has 0 spiro atoms. The maximum atomic E-state index is 12.6. The Bertz CT molecular complexity index is 938. The highest BCUT2D eigenvalue weighted by Crippen LogP contribution is 2.26. The number of aromatic nitrogens is 5. The van der Waals surface area contributed by atoms with E-state index in [1.807, 2.05) is 47.4 Å². The molecule has 9 heteroatoms. The van der Waals surface area contributed by atoms with Crippen LogP contribution in [-0.4, -0.2) is 61.4 Å². The average Bonchev–Trinajstić information content (AvgIpc) is 3.25. The fourth-order valence-electron chi connectivity index (χ4n) is 3.45. The summed E-state index contributed by atoms with van der Waals surface area (Å²) in [6.07, 6.45) is 4.79. The van der Waals surface area contributed by atoms with E-state index in [1.54, 1.807) is 17.1 Å². The van der Waals surface area contributed by atoms with Crippen LogP contribution in [0.5, 0.6) is 0 Å². The van der Waals surface area contributed by atoms with E-state index in [0.717, 1.165) is 11.3 Å². The minimum Gasteiger partial charge on any atom is -0.380 e. The second kappa shape index (κ2) is 8.36. The zero-order valence-electron chi connectivity index (χ0n) is 16.0. The van der Waals surface area contributed by atoms with Gasteiger partial charge in [-0.3, -0.25) is 9.78 Å². The number of hydrogen-bond donors (Lipinski definition) is 2. The SMILES string of the molecule is O=C(NCCc1cccnc1)C1(O)CCN(c2nnnn2-c2ccccc2)CC1. The molecule has 3 heterocycles. The van der Waals surface area contributed by atoms with Crippen molar-refractivity contribution in [2.45, 2.75) is 24.9 Å². The third-order valence-electron chi connectivity index (χ3n) is 5.17. The smallest absolute Gasteiger partial charge is 0.252 e. The minimum atomic E-state index is -1.38. The van der Waals surface area contributed by atoms with Crippen LogP contribution in [0.2, 0.25) is 0 Å². The molecule has 0 atom stereocenters. The van der Waals surface area contributed by atoms with Gasteiger partial charge in [-0.2, -0.15) is 4.68 Å². The predicted octanol–water partition coefficient (Wildman–Crippen LogP) is 0.747. The zero-order chi connectivity index (χ0) is 20.1. The number of carbonyl (C=O) groups excluding carboxylic acids is 1. The number of benzene rings is 1. The fourth-order valence-corrected chi connectivity index (χ4v) is 3.45. The van der Waals surface area contributed by atoms with Crippen LogP contribution in [0.1, 0.15) is 18.4 Å². The molecule has 150 valence electrons. The summed E-state index contributed by atoms with van der Waals surface area (Å²) in [6, 6.07) is 13.5. The number of para-hydroxylation sites is 1. The molecule has 0 aliphatic carbocycles. The molecule has 2 aromatic heterocycles. The van der Waals surface area contributed by atoms with Crippen molar-refractivity contribution in [3.05, 3.63) is 60.4 Å². The van der Waals surface area contributed by atoms with Gasteiger partial charge < -0.3 is 15.3 Å². The van der Waals surface area contributed by atoms with Crippen molar-refractivity contribution in [1.82, 2.24) is 30.5 Å². The molecular formula is C20H23N7O2. The van der Waals surface area contributed by atoms with Crippen LogP contribution in [0.3, 0.4) is 0 Å². The van der Waals surface area contributed by atoms with E-state index in [9.17, 15) is 9.90 Å². The average molecular weight is 393 g/mol. The van der Waals surface area contributed by atoms with E-state index in [0.29, 0.717) is 44.8 Å². The predicted molar refractivity (Wildman–Crippen MR) is 107 cm³/mol. The van der Waals surface area contributed by atoms with Gasteiger partial charge in [0.2, 0.25) is 5.95 Å². The van der Waals surface area contributed by atoms with Crippen LogP contribution in [-0.2, 0) is 11.2 Å². The normalized spacial score (nSPS) is 15.8. The molecule has 0 bridgehead atoms. The second-order valence-corrected chi connectivity index (χ2v) is 7.11. The largest absolute Gasteiger partial charge is 0.380 e. The molecule has 1 saturated heterocycles. The number of anilines is 1. The van der Waals surface area contributed by atoms with Crippen molar-refractivity contribution in [2.75, 3.05) is 24.5 Å². The molecular weight excluding hydrogens is 370 g/mol. The zero-order valence-corrected chi connectivity index (χ0v) is 16.0. The van der Waals surface area contributed by atoms with Crippen molar-refractivity contribution < 1.29 is 9.90 Å². The lowest BCUT2D eigenvalue weighted by atomic mass is 9.90. The molecule has 1 aromatic carbocycles. The van der Waals surface area contributed by atoms with Crippen molar-refractivity contribution in [2.24, 2.45) is 0 Å². The van der Waals surface area contributed by atoms with Crippen LogP contribution in [0.15, 0.2) is 54.9 Å². The summed E-state index contributed by atoms with van der Waals surface area (Å²) >= 11 is 0. The van der Waals surface area contributed by atoms with Crippen LogP contribution in [0, 0.1) is 0 Å². The van der Waals surface area contributed by atoms with Gasteiger partial charge in [-0.1, -0.05) is 29.4 Å². The number of rotatable bonds is 6. The first-order chi connectivity index (χ1) is 14.2. The maximum absolute atomic E-state index is 12.6. The lowest BCUT2D eigenvalue weighted by molar-refractivity contribution is -0.141. The van der Waals surface area contributed by atoms with Crippen molar-refractivity contribution >= 4 is 11.9 Å². The number of nitrogens with zero attached hydrogens (tertiary/aromatic N) is 6. The van der Waals surface area contributed by atoms with E-state index in [-0.39, 0.29) is 5.91 Å². The van der Waals surface area contributed by atoms with E-state index in [4.69, 9.17) is 0 Å². The Morgan fingerprint density at radius 3 is 2.66 bits per heavy atom. The minimum absolute atomic E-state index is 0.313. The summed E-state index contributed by atoms with van der Waals surface area (Å²) in [4.78, 5) is 18.6. The third kappa shape index (κ3) is 4.24. The van der Waals surface area contributed by atoms with Gasteiger partial charge in [0, 0.05) is 44.9 Å². The molecule has 1 fully saturated rings. The standard InChI is InChI=1S/C20H23N7O2/c28-18(22-12-8-16-5-4-11-21-15-16)20(29)9-13-26(14-10-20)19-23-24-25-27(19)17-6-2-1-3-7-17/h1-7,11,15,29H,8-10,12-14H2,(H,22,28). The Morgan fingerprint density at radius 1 is 1.14 bits per heavy atom. The molecule has 0 saturated carbocycles. The van der Waals surface area contributed by atoms with Gasteiger partial charge in [-0.25, -0.2) is 0 Å². The lowest BCUT2D eigenvalue weighted by Gasteiger charge is -2.37.